The maximum Gasteiger partial charge on any atom is 0.306 e. The topological polar surface area (TPSA) is 70.4 Å². The second-order valence-electron chi connectivity index (χ2n) is 2.41. The smallest absolute Gasteiger partial charge is 0.306 e. The number of aryl methyl sites for hydroxylation is 1. The summed E-state index contributed by atoms with van der Waals surface area (Å²) < 4.78 is 0. The fraction of sp³-hybridized carbons (Fsp3) is 0.429. The number of thiazole rings is 1. The van der Waals surface area contributed by atoms with E-state index in [-0.39, 0.29) is 6.42 Å². The van der Waals surface area contributed by atoms with Gasteiger partial charge in [0.15, 0.2) is 0 Å². The van der Waals surface area contributed by atoms with Gasteiger partial charge in [0.2, 0.25) is 0 Å². The van der Waals surface area contributed by atoms with Crippen LogP contribution in [-0.2, 0) is 4.79 Å². The Hall–Kier alpha value is -0.940. The molecule has 0 spiro atoms. The molecule has 2 N–H and O–H groups in total. The standard InChI is InChI=1S/C7H9NO3S/c1-4-8-5(3-12-4)6(9)2-7(10)11/h3,6,9H,2H2,1H3,(H,10,11)/t6-/m0/s1. The predicted molar refractivity (Wildman–Crippen MR) is 44.1 cm³/mol. The van der Waals surface area contributed by atoms with Gasteiger partial charge in [-0.15, -0.1) is 11.3 Å². The summed E-state index contributed by atoms with van der Waals surface area (Å²) >= 11 is 1.40. The Morgan fingerprint density at radius 1 is 1.83 bits per heavy atom. The number of hydrogen-bond acceptors (Lipinski definition) is 4. The molecule has 0 aliphatic carbocycles. The molecule has 0 saturated carbocycles. The first-order valence-corrected chi connectivity index (χ1v) is 4.29. The largest absolute Gasteiger partial charge is 0.481 e. The summed E-state index contributed by atoms with van der Waals surface area (Å²) in [7, 11) is 0. The number of carboxylic acids is 1. The highest BCUT2D eigenvalue weighted by atomic mass is 32.1. The fourth-order valence-electron chi connectivity index (χ4n) is 0.803. The first-order valence-electron chi connectivity index (χ1n) is 3.41. The van der Waals surface area contributed by atoms with E-state index in [1.54, 1.807) is 5.38 Å². The van der Waals surface area contributed by atoms with Gasteiger partial charge in [-0.2, -0.15) is 0 Å². The van der Waals surface area contributed by atoms with Crippen molar-refractivity contribution in [1.82, 2.24) is 4.98 Å². The summed E-state index contributed by atoms with van der Waals surface area (Å²) in [6.07, 6.45) is -1.27. The Balaban J connectivity index is 2.64. The van der Waals surface area contributed by atoms with Gasteiger partial charge in [-0.3, -0.25) is 4.79 Å². The Morgan fingerprint density at radius 2 is 2.50 bits per heavy atom. The highest BCUT2D eigenvalue weighted by Gasteiger charge is 2.14. The number of rotatable bonds is 3. The first kappa shape index (κ1) is 9.15. The molecular weight excluding hydrogens is 178 g/mol. The number of aliphatic carboxylic acids is 1. The van der Waals surface area contributed by atoms with E-state index in [9.17, 15) is 9.90 Å². The number of carbonyl (C=O) groups is 1. The van der Waals surface area contributed by atoms with Crippen LogP contribution in [-0.4, -0.2) is 21.2 Å². The quantitative estimate of drug-likeness (QED) is 0.739. The number of aliphatic hydroxyl groups excluding tert-OH is 1. The van der Waals surface area contributed by atoms with Crippen molar-refractivity contribution in [3.05, 3.63) is 16.1 Å². The van der Waals surface area contributed by atoms with Crippen LogP contribution in [0.5, 0.6) is 0 Å². The Morgan fingerprint density at radius 3 is 2.92 bits per heavy atom. The Bertz CT molecular complexity index is 284. The molecule has 1 aromatic rings. The summed E-state index contributed by atoms with van der Waals surface area (Å²) in [4.78, 5) is 14.2. The van der Waals surface area contributed by atoms with Crippen LogP contribution in [0.3, 0.4) is 0 Å². The van der Waals surface area contributed by atoms with Crippen molar-refractivity contribution in [3.63, 3.8) is 0 Å². The van der Waals surface area contributed by atoms with Crippen LogP contribution in [0.1, 0.15) is 23.2 Å². The van der Waals surface area contributed by atoms with Crippen LogP contribution in [0.4, 0.5) is 0 Å². The van der Waals surface area contributed by atoms with E-state index in [4.69, 9.17) is 5.11 Å². The van der Waals surface area contributed by atoms with Gasteiger partial charge in [0.25, 0.3) is 0 Å². The lowest BCUT2D eigenvalue weighted by molar-refractivity contribution is -0.139. The number of hydrogen-bond donors (Lipinski definition) is 2. The van der Waals surface area contributed by atoms with Gasteiger partial charge in [-0.25, -0.2) is 4.98 Å². The molecule has 0 aliphatic rings. The lowest BCUT2D eigenvalue weighted by Crippen LogP contribution is -2.05. The van der Waals surface area contributed by atoms with Gasteiger partial charge in [0.05, 0.1) is 17.1 Å². The molecule has 0 amide bonds. The third kappa shape index (κ3) is 2.28. The minimum absolute atomic E-state index is 0.289. The van der Waals surface area contributed by atoms with Crippen LogP contribution < -0.4 is 0 Å². The molecule has 0 fully saturated rings. The second kappa shape index (κ2) is 3.64. The molecule has 66 valence electrons. The molecule has 0 radical (unpaired) electrons. The van der Waals surface area contributed by atoms with E-state index >= 15 is 0 Å². The van der Waals surface area contributed by atoms with Crippen molar-refractivity contribution in [2.75, 3.05) is 0 Å². The average Bonchev–Trinajstić information content (AvgIpc) is 2.34. The van der Waals surface area contributed by atoms with Crippen LogP contribution in [0.2, 0.25) is 0 Å². The van der Waals surface area contributed by atoms with Gasteiger partial charge < -0.3 is 10.2 Å². The molecular formula is C7H9NO3S. The molecule has 0 unspecified atom stereocenters. The van der Waals surface area contributed by atoms with E-state index in [1.807, 2.05) is 6.92 Å². The lowest BCUT2D eigenvalue weighted by Gasteiger charge is -2.02. The van der Waals surface area contributed by atoms with Gasteiger partial charge in [-0.05, 0) is 6.92 Å². The third-order valence-electron chi connectivity index (χ3n) is 1.35. The number of nitrogens with zero attached hydrogens (tertiary/aromatic N) is 1. The molecule has 4 nitrogen and oxygen atoms in total. The zero-order chi connectivity index (χ0) is 9.14. The summed E-state index contributed by atoms with van der Waals surface area (Å²) in [5.74, 6) is -1.02. The van der Waals surface area contributed by atoms with Crippen LogP contribution in [0.15, 0.2) is 5.38 Å². The van der Waals surface area contributed by atoms with Crippen LogP contribution in [0, 0.1) is 6.92 Å². The summed E-state index contributed by atoms with van der Waals surface area (Å²) in [5.41, 5.74) is 0.444. The van der Waals surface area contributed by atoms with E-state index in [1.165, 1.54) is 11.3 Å². The van der Waals surface area contributed by atoms with Crippen LogP contribution in [0.25, 0.3) is 0 Å². The molecule has 1 rings (SSSR count). The highest BCUT2D eigenvalue weighted by molar-refractivity contribution is 7.09. The van der Waals surface area contributed by atoms with Gasteiger partial charge >= 0.3 is 5.97 Å². The maximum absolute atomic E-state index is 10.2. The number of aliphatic hydroxyl groups is 1. The first-order chi connectivity index (χ1) is 5.59. The molecule has 12 heavy (non-hydrogen) atoms. The molecule has 5 heteroatoms. The van der Waals surface area contributed by atoms with E-state index in [2.05, 4.69) is 4.98 Å². The zero-order valence-corrected chi connectivity index (χ0v) is 7.34. The van der Waals surface area contributed by atoms with Crippen LogP contribution >= 0.6 is 11.3 Å². The maximum atomic E-state index is 10.2. The monoisotopic (exact) mass is 187 g/mol. The van der Waals surface area contributed by atoms with E-state index in [0.29, 0.717) is 5.69 Å². The summed E-state index contributed by atoms with van der Waals surface area (Å²) in [6.45, 7) is 1.81. The van der Waals surface area contributed by atoms with Crippen molar-refractivity contribution in [2.24, 2.45) is 0 Å². The predicted octanol–water partition coefficient (Wildman–Crippen LogP) is 0.960. The normalized spacial score (nSPS) is 12.8. The van der Waals surface area contributed by atoms with Gasteiger partial charge in [0.1, 0.15) is 6.10 Å². The van der Waals surface area contributed by atoms with Crippen molar-refractivity contribution in [3.8, 4) is 0 Å². The van der Waals surface area contributed by atoms with Gasteiger partial charge in [0, 0.05) is 5.38 Å². The minimum Gasteiger partial charge on any atom is -0.481 e. The molecule has 0 aromatic carbocycles. The van der Waals surface area contributed by atoms with Gasteiger partial charge in [-0.1, -0.05) is 0 Å². The SMILES string of the molecule is Cc1nc([C@@H](O)CC(=O)O)cs1. The molecule has 1 heterocycles. The summed E-state index contributed by atoms with van der Waals surface area (Å²) in [5, 5.41) is 20.1. The molecule has 1 aromatic heterocycles. The molecule has 0 bridgehead atoms. The van der Waals surface area contributed by atoms with E-state index < -0.39 is 12.1 Å². The fourth-order valence-corrected chi connectivity index (χ4v) is 1.46. The Labute approximate surface area is 73.5 Å². The molecule has 0 saturated heterocycles. The lowest BCUT2D eigenvalue weighted by atomic mass is 10.2. The zero-order valence-electron chi connectivity index (χ0n) is 6.52. The molecule has 0 aliphatic heterocycles. The Kier molecular flexibility index (Phi) is 2.78. The average molecular weight is 187 g/mol. The number of carboxylic acid groups (broad SMARTS) is 1. The highest BCUT2D eigenvalue weighted by Crippen LogP contribution is 2.18. The van der Waals surface area contributed by atoms with Crippen molar-refractivity contribution < 1.29 is 15.0 Å². The van der Waals surface area contributed by atoms with E-state index in [0.717, 1.165) is 5.01 Å². The second-order valence-corrected chi connectivity index (χ2v) is 3.47. The molecule has 1 atom stereocenters. The minimum atomic E-state index is -1.02. The third-order valence-corrected chi connectivity index (χ3v) is 2.14. The number of aromatic nitrogens is 1. The van der Waals surface area contributed by atoms with Crippen molar-refractivity contribution in [2.45, 2.75) is 19.4 Å². The summed E-state index contributed by atoms with van der Waals surface area (Å²) in [6, 6.07) is 0. The van der Waals surface area contributed by atoms with Crippen molar-refractivity contribution in [1.29, 1.82) is 0 Å². The van der Waals surface area contributed by atoms with Crippen molar-refractivity contribution >= 4 is 17.3 Å².